The van der Waals surface area contributed by atoms with Crippen molar-refractivity contribution in [2.75, 3.05) is 31.8 Å². The van der Waals surface area contributed by atoms with Crippen molar-refractivity contribution in [2.45, 2.75) is 0 Å². The Labute approximate surface area is 168 Å². The van der Waals surface area contributed by atoms with Gasteiger partial charge < -0.3 is 15.0 Å². The van der Waals surface area contributed by atoms with Gasteiger partial charge in [0.15, 0.2) is 0 Å². The summed E-state index contributed by atoms with van der Waals surface area (Å²) in [6, 6.07) is 12.9. The Hall–Kier alpha value is -3.94. The summed E-state index contributed by atoms with van der Waals surface area (Å²) in [7, 11) is 4.75. The highest BCUT2D eigenvalue weighted by molar-refractivity contribution is 5.94. The van der Waals surface area contributed by atoms with Crippen molar-refractivity contribution in [3.05, 3.63) is 66.6 Å². The number of benzene rings is 1. The molecule has 3 rings (SSSR count). The number of ether oxygens (including phenoxy) is 1. The molecular weight excluding hydrogens is 370 g/mol. The Bertz CT molecular complexity index is 1000. The molecule has 148 valence electrons. The van der Waals surface area contributed by atoms with Gasteiger partial charge in [-0.3, -0.25) is 15.1 Å². The Morgan fingerprint density at radius 3 is 2.24 bits per heavy atom. The number of anilines is 3. The van der Waals surface area contributed by atoms with E-state index in [-0.39, 0.29) is 5.91 Å². The molecule has 8 heteroatoms. The van der Waals surface area contributed by atoms with Crippen LogP contribution in [0.25, 0.3) is 11.1 Å². The fraction of sp³-hybridized carbons (Fsp3) is 0.143. The van der Waals surface area contributed by atoms with Gasteiger partial charge in [0, 0.05) is 31.4 Å². The third kappa shape index (κ3) is 5.07. The fourth-order valence-corrected chi connectivity index (χ4v) is 2.60. The second-order valence-corrected chi connectivity index (χ2v) is 6.41. The molecule has 0 bridgehead atoms. The van der Waals surface area contributed by atoms with E-state index in [0.717, 1.165) is 11.1 Å². The van der Waals surface area contributed by atoms with Crippen molar-refractivity contribution in [1.82, 2.24) is 14.9 Å². The predicted octanol–water partition coefficient (Wildman–Crippen LogP) is 3.77. The molecule has 2 amide bonds. The van der Waals surface area contributed by atoms with Crippen molar-refractivity contribution < 1.29 is 14.3 Å². The van der Waals surface area contributed by atoms with Crippen LogP contribution in [0.15, 0.2) is 61.1 Å². The lowest BCUT2D eigenvalue weighted by Gasteiger charge is -2.11. The van der Waals surface area contributed by atoms with E-state index in [1.807, 2.05) is 24.3 Å². The molecule has 0 fully saturated rings. The van der Waals surface area contributed by atoms with Gasteiger partial charge in [-0.25, -0.2) is 9.78 Å². The lowest BCUT2D eigenvalue weighted by molar-refractivity contribution is 0.0827. The summed E-state index contributed by atoms with van der Waals surface area (Å²) in [6.45, 7) is 0. The standard InChI is InChI=1S/C21H21N5O3/c1-26(2)20(27)15-6-4-14(5-7-15)16-8-9-19(23-11-16)24-17-10-18(13-22-12-17)25-21(28)29-3/h4-13H,1-3H3,(H,23,24)(H,25,28). The molecule has 0 radical (unpaired) electrons. The number of amides is 2. The van der Waals surface area contributed by atoms with E-state index >= 15 is 0 Å². The number of nitrogens with one attached hydrogen (secondary N) is 2. The maximum atomic E-state index is 12.0. The smallest absolute Gasteiger partial charge is 0.411 e. The molecule has 3 aromatic rings. The normalized spacial score (nSPS) is 10.2. The number of nitrogens with zero attached hydrogens (tertiary/aromatic N) is 3. The number of pyridine rings is 2. The summed E-state index contributed by atoms with van der Waals surface area (Å²) in [4.78, 5) is 33.3. The number of hydrogen-bond acceptors (Lipinski definition) is 6. The van der Waals surface area contributed by atoms with Crippen molar-refractivity contribution in [3.63, 3.8) is 0 Å². The van der Waals surface area contributed by atoms with E-state index in [9.17, 15) is 9.59 Å². The highest BCUT2D eigenvalue weighted by Gasteiger charge is 2.08. The molecule has 0 aliphatic rings. The molecule has 0 unspecified atom stereocenters. The average Bonchev–Trinajstić information content (AvgIpc) is 2.74. The van der Waals surface area contributed by atoms with Crippen LogP contribution in [0.1, 0.15) is 10.4 Å². The van der Waals surface area contributed by atoms with Crippen molar-refractivity contribution in [1.29, 1.82) is 0 Å². The van der Waals surface area contributed by atoms with Gasteiger partial charge >= 0.3 is 6.09 Å². The van der Waals surface area contributed by atoms with Crippen LogP contribution < -0.4 is 10.6 Å². The second kappa shape index (κ2) is 8.83. The van der Waals surface area contributed by atoms with Crippen LogP contribution in [0.4, 0.5) is 22.0 Å². The first kappa shape index (κ1) is 19.8. The highest BCUT2D eigenvalue weighted by Crippen LogP contribution is 2.23. The van der Waals surface area contributed by atoms with Crippen LogP contribution in [-0.2, 0) is 4.74 Å². The monoisotopic (exact) mass is 391 g/mol. The molecule has 29 heavy (non-hydrogen) atoms. The van der Waals surface area contributed by atoms with Crippen LogP contribution in [0.2, 0.25) is 0 Å². The summed E-state index contributed by atoms with van der Waals surface area (Å²) in [6.07, 6.45) is 4.32. The first-order valence-corrected chi connectivity index (χ1v) is 8.81. The van der Waals surface area contributed by atoms with Gasteiger partial charge in [0.1, 0.15) is 5.82 Å². The van der Waals surface area contributed by atoms with Crippen LogP contribution in [0.5, 0.6) is 0 Å². The van der Waals surface area contributed by atoms with E-state index in [0.29, 0.717) is 22.8 Å². The van der Waals surface area contributed by atoms with Crippen LogP contribution in [-0.4, -0.2) is 48.1 Å². The first-order valence-electron chi connectivity index (χ1n) is 8.81. The SMILES string of the molecule is COC(=O)Nc1cncc(Nc2ccc(-c3ccc(C(=O)N(C)C)cc3)cn2)c1. The van der Waals surface area contributed by atoms with Crippen molar-refractivity contribution >= 4 is 29.2 Å². The van der Waals surface area contributed by atoms with E-state index in [1.165, 1.54) is 13.3 Å². The number of hydrogen-bond donors (Lipinski definition) is 2. The second-order valence-electron chi connectivity index (χ2n) is 6.41. The first-order chi connectivity index (χ1) is 14.0. The van der Waals surface area contributed by atoms with Crippen LogP contribution in [0.3, 0.4) is 0 Å². The largest absolute Gasteiger partial charge is 0.453 e. The van der Waals surface area contributed by atoms with Gasteiger partial charge in [0.25, 0.3) is 5.91 Å². The summed E-state index contributed by atoms with van der Waals surface area (Å²) in [5, 5.41) is 5.69. The van der Waals surface area contributed by atoms with Gasteiger partial charge in [-0.15, -0.1) is 0 Å². The van der Waals surface area contributed by atoms with Crippen molar-refractivity contribution in [2.24, 2.45) is 0 Å². The van der Waals surface area contributed by atoms with Crippen LogP contribution in [0, 0.1) is 0 Å². The minimum absolute atomic E-state index is 0.0354. The highest BCUT2D eigenvalue weighted by atomic mass is 16.5. The minimum Gasteiger partial charge on any atom is -0.453 e. The topological polar surface area (TPSA) is 96.4 Å². The fourth-order valence-electron chi connectivity index (χ4n) is 2.60. The molecule has 8 nitrogen and oxygen atoms in total. The lowest BCUT2D eigenvalue weighted by Crippen LogP contribution is -2.21. The Kier molecular flexibility index (Phi) is 6.03. The zero-order valence-electron chi connectivity index (χ0n) is 16.3. The number of rotatable bonds is 5. The third-order valence-corrected chi connectivity index (χ3v) is 4.08. The predicted molar refractivity (Wildman–Crippen MR) is 111 cm³/mol. The molecule has 2 aromatic heterocycles. The van der Waals surface area contributed by atoms with E-state index in [4.69, 9.17) is 0 Å². The minimum atomic E-state index is -0.565. The average molecular weight is 391 g/mol. The molecule has 0 aliphatic carbocycles. The third-order valence-electron chi connectivity index (χ3n) is 4.08. The maximum absolute atomic E-state index is 12.0. The molecule has 0 saturated carbocycles. The van der Waals surface area contributed by atoms with Gasteiger partial charge in [-0.2, -0.15) is 0 Å². The molecule has 0 saturated heterocycles. The molecular formula is C21H21N5O3. The summed E-state index contributed by atoms with van der Waals surface area (Å²) in [5.41, 5.74) is 3.71. The Morgan fingerprint density at radius 2 is 1.62 bits per heavy atom. The molecule has 2 heterocycles. The summed E-state index contributed by atoms with van der Waals surface area (Å²) in [5.74, 6) is 0.594. The Balaban J connectivity index is 1.70. The van der Waals surface area contributed by atoms with Crippen LogP contribution >= 0.6 is 0 Å². The van der Waals surface area contributed by atoms with E-state index < -0.39 is 6.09 Å². The summed E-state index contributed by atoms with van der Waals surface area (Å²) >= 11 is 0. The molecule has 0 aliphatic heterocycles. The quantitative estimate of drug-likeness (QED) is 0.687. The maximum Gasteiger partial charge on any atom is 0.411 e. The zero-order chi connectivity index (χ0) is 20.8. The van der Waals surface area contributed by atoms with Gasteiger partial charge in [0.05, 0.1) is 30.9 Å². The lowest BCUT2D eigenvalue weighted by atomic mass is 10.1. The number of carbonyl (C=O) groups excluding carboxylic acids is 2. The molecule has 2 N–H and O–H groups in total. The molecule has 1 aromatic carbocycles. The van der Waals surface area contributed by atoms with E-state index in [1.54, 1.807) is 49.6 Å². The van der Waals surface area contributed by atoms with Gasteiger partial charge in [0.2, 0.25) is 0 Å². The number of aromatic nitrogens is 2. The van der Waals surface area contributed by atoms with Crippen molar-refractivity contribution in [3.8, 4) is 11.1 Å². The number of methoxy groups -OCH3 is 1. The zero-order valence-corrected chi connectivity index (χ0v) is 16.3. The number of carbonyl (C=O) groups is 2. The molecule has 0 spiro atoms. The van der Waals surface area contributed by atoms with Gasteiger partial charge in [-0.1, -0.05) is 12.1 Å². The summed E-state index contributed by atoms with van der Waals surface area (Å²) < 4.78 is 4.57. The Morgan fingerprint density at radius 1 is 0.931 bits per heavy atom. The van der Waals surface area contributed by atoms with Gasteiger partial charge in [-0.05, 0) is 35.9 Å². The molecule has 0 atom stereocenters. The van der Waals surface area contributed by atoms with E-state index in [2.05, 4.69) is 25.3 Å².